The van der Waals surface area contributed by atoms with Gasteiger partial charge in [-0.15, -0.1) is 0 Å². The van der Waals surface area contributed by atoms with Crippen LogP contribution >= 0.6 is 0 Å². The van der Waals surface area contributed by atoms with E-state index in [4.69, 9.17) is 4.74 Å². The van der Waals surface area contributed by atoms with Crippen molar-refractivity contribution in [3.05, 3.63) is 65.2 Å². The molecule has 1 saturated heterocycles. The molecule has 1 aliphatic carbocycles. The van der Waals surface area contributed by atoms with Crippen LogP contribution in [0, 0.1) is 12.8 Å². The number of hydrogen-bond donors (Lipinski definition) is 0. The first-order valence-electron chi connectivity index (χ1n) is 10.5. The molecule has 0 aromatic heterocycles. The first kappa shape index (κ1) is 19.0. The fraction of sp³-hybridized carbons (Fsp3) is 0.480. The predicted molar refractivity (Wildman–Crippen MR) is 114 cm³/mol. The molecule has 28 heavy (non-hydrogen) atoms. The lowest BCUT2D eigenvalue weighted by Crippen LogP contribution is -2.30. The molecule has 3 nitrogen and oxygen atoms in total. The third kappa shape index (κ3) is 3.80. The zero-order valence-corrected chi connectivity index (χ0v) is 17.4. The van der Waals surface area contributed by atoms with Crippen LogP contribution in [-0.2, 0) is 4.74 Å². The Kier molecular flexibility index (Phi) is 4.95. The van der Waals surface area contributed by atoms with E-state index in [2.05, 4.69) is 48.2 Å². The summed E-state index contributed by atoms with van der Waals surface area (Å²) in [6.45, 7) is 9.04. The summed E-state index contributed by atoms with van der Waals surface area (Å²) < 4.78 is 5.48. The number of benzene rings is 2. The molecule has 0 radical (unpaired) electrons. The minimum absolute atomic E-state index is 0.251. The molecule has 3 atom stereocenters. The number of aryl methyl sites for hydroxylation is 1. The topological polar surface area (TPSA) is 29.5 Å². The average molecular weight is 378 g/mol. The van der Waals surface area contributed by atoms with E-state index in [1.807, 2.05) is 32.9 Å². The number of hydrogen-bond acceptors (Lipinski definition) is 3. The van der Waals surface area contributed by atoms with Crippen LogP contribution in [0.4, 0.5) is 5.69 Å². The lowest BCUT2D eigenvalue weighted by atomic mass is 9.92. The Morgan fingerprint density at radius 3 is 2.43 bits per heavy atom. The summed E-state index contributed by atoms with van der Waals surface area (Å²) in [4.78, 5) is 14.8. The van der Waals surface area contributed by atoms with Crippen LogP contribution in [0.3, 0.4) is 0 Å². The molecule has 148 valence electrons. The van der Waals surface area contributed by atoms with Gasteiger partial charge in [-0.3, -0.25) is 0 Å². The van der Waals surface area contributed by atoms with E-state index >= 15 is 0 Å². The van der Waals surface area contributed by atoms with Gasteiger partial charge in [-0.1, -0.05) is 24.3 Å². The maximum Gasteiger partial charge on any atom is 0.338 e. The summed E-state index contributed by atoms with van der Waals surface area (Å²) in [6, 6.07) is 17.4. The van der Waals surface area contributed by atoms with Crippen molar-refractivity contribution in [2.24, 2.45) is 5.92 Å². The van der Waals surface area contributed by atoms with Crippen LogP contribution in [-0.4, -0.2) is 24.2 Å². The molecule has 3 heteroatoms. The van der Waals surface area contributed by atoms with Crippen molar-refractivity contribution in [1.82, 2.24) is 0 Å². The van der Waals surface area contributed by atoms with Crippen LogP contribution in [0.5, 0.6) is 0 Å². The van der Waals surface area contributed by atoms with Gasteiger partial charge in [0.1, 0.15) is 5.60 Å². The predicted octanol–water partition coefficient (Wildman–Crippen LogP) is 5.72. The Hall–Kier alpha value is -2.29. The van der Waals surface area contributed by atoms with Crippen molar-refractivity contribution in [2.75, 3.05) is 11.4 Å². The Morgan fingerprint density at radius 2 is 1.75 bits per heavy atom. The van der Waals surface area contributed by atoms with E-state index in [0.717, 1.165) is 12.5 Å². The number of anilines is 1. The summed E-state index contributed by atoms with van der Waals surface area (Å²) in [5.74, 6) is 1.19. The highest BCUT2D eigenvalue weighted by molar-refractivity contribution is 5.90. The van der Waals surface area contributed by atoms with E-state index in [0.29, 0.717) is 17.5 Å². The molecule has 0 amide bonds. The Morgan fingerprint density at radius 1 is 1.04 bits per heavy atom. The van der Waals surface area contributed by atoms with E-state index < -0.39 is 5.60 Å². The first-order valence-corrected chi connectivity index (χ1v) is 10.5. The van der Waals surface area contributed by atoms with Crippen LogP contribution in [0.25, 0.3) is 0 Å². The van der Waals surface area contributed by atoms with E-state index in [9.17, 15) is 4.79 Å². The van der Waals surface area contributed by atoms with Crippen molar-refractivity contribution in [1.29, 1.82) is 0 Å². The Labute approximate surface area is 168 Å². The van der Waals surface area contributed by atoms with Gasteiger partial charge in [-0.2, -0.15) is 0 Å². The number of carbonyl (C=O) groups excluding carboxylic acids is 1. The van der Waals surface area contributed by atoms with Gasteiger partial charge in [-0.05, 0) is 94.2 Å². The fourth-order valence-corrected chi connectivity index (χ4v) is 5.01. The van der Waals surface area contributed by atoms with Crippen LogP contribution in [0.1, 0.15) is 67.4 Å². The summed E-state index contributed by atoms with van der Waals surface area (Å²) in [6.07, 6.45) is 3.78. The van der Waals surface area contributed by atoms with Crippen molar-refractivity contribution in [3.63, 3.8) is 0 Å². The standard InChI is InChI=1S/C25H31NO2/c1-17-7-5-6-8-22(17)20-15-19-13-14-26(23(19)16-20)21-11-9-18(10-12-21)24(27)28-25(2,3)4/h5-12,19-20,23H,13-16H2,1-4H3/t19-,20+,23+/m0/s1. The molecule has 0 unspecified atom stereocenters. The highest BCUT2D eigenvalue weighted by Gasteiger charge is 2.42. The lowest BCUT2D eigenvalue weighted by Gasteiger charge is -2.27. The summed E-state index contributed by atoms with van der Waals surface area (Å²) in [5.41, 5.74) is 4.33. The highest BCUT2D eigenvalue weighted by Crippen LogP contribution is 2.47. The summed E-state index contributed by atoms with van der Waals surface area (Å²) >= 11 is 0. The maximum absolute atomic E-state index is 12.3. The molecule has 1 aliphatic heterocycles. The fourth-order valence-electron chi connectivity index (χ4n) is 5.01. The smallest absolute Gasteiger partial charge is 0.338 e. The molecule has 2 fully saturated rings. The second-order valence-electron chi connectivity index (χ2n) is 9.38. The highest BCUT2D eigenvalue weighted by atomic mass is 16.6. The van der Waals surface area contributed by atoms with Crippen LogP contribution < -0.4 is 4.90 Å². The number of ether oxygens (including phenoxy) is 1. The first-order chi connectivity index (χ1) is 13.3. The monoisotopic (exact) mass is 377 g/mol. The Balaban J connectivity index is 1.47. The normalized spacial score (nSPS) is 24.3. The molecule has 2 aromatic rings. The maximum atomic E-state index is 12.3. The second kappa shape index (κ2) is 7.27. The van der Waals surface area contributed by atoms with Crippen LogP contribution in [0.15, 0.2) is 48.5 Å². The lowest BCUT2D eigenvalue weighted by molar-refractivity contribution is 0.00695. The van der Waals surface area contributed by atoms with Crippen molar-refractivity contribution in [3.8, 4) is 0 Å². The molecular formula is C25H31NO2. The Bertz CT molecular complexity index is 850. The van der Waals surface area contributed by atoms with Gasteiger partial charge in [0.15, 0.2) is 0 Å². The number of fused-ring (bicyclic) bond motifs is 1. The molecule has 1 heterocycles. The largest absolute Gasteiger partial charge is 0.456 e. The number of esters is 1. The third-order valence-corrected chi connectivity index (χ3v) is 6.26. The van der Waals surface area contributed by atoms with Gasteiger partial charge in [0, 0.05) is 18.3 Å². The van der Waals surface area contributed by atoms with Crippen LogP contribution in [0.2, 0.25) is 0 Å². The zero-order valence-electron chi connectivity index (χ0n) is 17.4. The van der Waals surface area contributed by atoms with Gasteiger partial charge < -0.3 is 9.64 Å². The SMILES string of the molecule is Cc1ccccc1[C@@H]1C[C@@H]2CCN(c3ccc(C(=O)OC(C)(C)C)cc3)[C@@H]2C1. The number of carbonyl (C=O) groups is 1. The van der Waals surface area contributed by atoms with E-state index in [1.54, 1.807) is 0 Å². The third-order valence-electron chi connectivity index (χ3n) is 6.26. The molecule has 0 N–H and O–H groups in total. The van der Waals surface area contributed by atoms with Crippen molar-refractivity contribution in [2.45, 2.75) is 64.5 Å². The van der Waals surface area contributed by atoms with Crippen molar-refractivity contribution < 1.29 is 9.53 Å². The molecule has 0 bridgehead atoms. The quantitative estimate of drug-likeness (QED) is 0.641. The number of rotatable bonds is 3. The molecule has 2 aliphatic rings. The van der Waals surface area contributed by atoms with Gasteiger partial charge in [-0.25, -0.2) is 4.79 Å². The summed E-state index contributed by atoms with van der Waals surface area (Å²) in [7, 11) is 0. The van der Waals surface area contributed by atoms with Gasteiger partial charge in [0.05, 0.1) is 5.56 Å². The van der Waals surface area contributed by atoms with Gasteiger partial charge in [0.2, 0.25) is 0 Å². The van der Waals surface area contributed by atoms with E-state index in [1.165, 1.54) is 36.1 Å². The minimum Gasteiger partial charge on any atom is -0.456 e. The molecule has 4 rings (SSSR count). The van der Waals surface area contributed by atoms with Gasteiger partial charge >= 0.3 is 5.97 Å². The number of nitrogens with zero attached hydrogens (tertiary/aromatic N) is 1. The second-order valence-corrected chi connectivity index (χ2v) is 9.38. The minimum atomic E-state index is -0.466. The van der Waals surface area contributed by atoms with Crippen molar-refractivity contribution >= 4 is 11.7 Å². The average Bonchev–Trinajstić information content (AvgIpc) is 3.21. The molecular weight excluding hydrogens is 346 g/mol. The molecule has 0 spiro atoms. The molecule has 2 aromatic carbocycles. The molecule has 1 saturated carbocycles. The zero-order chi connectivity index (χ0) is 19.9. The van der Waals surface area contributed by atoms with E-state index in [-0.39, 0.29) is 5.97 Å². The summed E-state index contributed by atoms with van der Waals surface area (Å²) in [5, 5.41) is 0. The van der Waals surface area contributed by atoms with Gasteiger partial charge in [0.25, 0.3) is 0 Å².